The quantitative estimate of drug-likeness (QED) is 0.372. The van der Waals surface area contributed by atoms with E-state index in [9.17, 15) is 9.90 Å². The van der Waals surface area contributed by atoms with Crippen LogP contribution in [-0.4, -0.2) is 46.6 Å². The molecule has 182 valence electrons. The molecular formula is C26H24ClF2N3O3. The Bertz CT molecular complexity index is 1370. The minimum Gasteiger partial charge on any atom is -0.454 e. The number of carbonyl (C=O) groups excluding carboxylic acids is 1. The maximum absolute atomic E-state index is 15.2. The zero-order chi connectivity index (χ0) is 24.6. The highest BCUT2D eigenvalue weighted by Crippen LogP contribution is 2.34. The molecule has 5 rings (SSSR count). The van der Waals surface area contributed by atoms with Crippen LogP contribution in [0.1, 0.15) is 30.3 Å². The molecule has 9 heteroatoms. The molecule has 2 unspecified atom stereocenters. The van der Waals surface area contributed by atoms with Gasteiger partial charge in [-0.2, -0.15) is 8.78 Å². The smallest absolute Gasteiger partial charge is 0.380 e. The molecule has 0 spiro atoms. The molecule has 6 nitrogen and oxygen atoms in total. The Labute approximate surface area is 205 Å². The van der Waals surface area contributed by atoms with Crippen LogP contribution < -0.4 is 5.32 Å². The number of aliphatic hydroxyl groups is 1. The Morgan fingerprint density at radius 3 is 2.74 bits per heavy atom. The first-order valence-electron chi connectivity index (χ1n) is 11.4. The number of hydrogen-bond donors (Lipinski definition) is 2. The number of fused-ring (bicyclic) bond motifs is 2. The van der Waals surface area contributed by atoms with E-state index in [1.165, 1.54) is 18.2 Å². The van der Waals surface area contributed by atoms with Gasteiger partial charge in [0.25, 0.3) is 5.91 Å². The summed E-state index contributed by atoms with van der Waals surface area (Å²) in [4.78, 5) is 19.2. The van der Waals surface area contributed by atoms with Crippen molar-refractivity contribution in [2.75, 3.05) is 19.6 Å². The predicted molar refractivity (Wildman–Crippen MR) is 129 cm³/mol. The van der Waals surface area contributed by atoms with E-state index < -0.39 is 29.7 Å². The van der Waals surface area contributed by atoms with Gasteiger partial charge in [0.15, 0.2) is 5.76 Å². The lowest BCUT2D eigenvalue weighted by atomic mass is 9.99. The normalized spacial score (nSPS) is 16.6. The Hall–Kier alpha value is -3.07. The van der Waals surface area contributed by atoms with E-state index in [1.807, 2.05) is 6.07 Å². The molecule has 2 aromatic heterocycles. The minimum atomic E-state index is -3.94. The molecule has 2 atom stereocenters. The summed E-state index contributed by atoms with van der Waals surface area (Å²) in [5.74, 6) is -6.26. The number of nitrogens with zero attached hydrogens (tertiary/aromatic N) is 2. The Kier molecular flexibility index (Phi) is 6.44. The molecular weight excluding hydrogens is 476 g/mol. The fourth-order valence-electron chi connectivity index (χ4n) is 4.52. The number of alkyl halides is 2. The molecule has 1 aliphatic rings. The van der Waals surface area contributed by atoms with Gasteiger partial charge in [-0.1, -0.05) is 23.7 Å². The predicted octanol–water partition coefficient (Wildman–Crippen LogP) is 5.04. The zero-order valence-electron chi connectivity index (χ0n) is 18.8. The topological polar surface area (TPSA) is 78.6 Å². The van der Waals surface area contributed by atoms with E-state index in [0.29, 0.717) is 16.0 Å². The molecule has 4 aromatic rings. The molecule has 2 aromatic carbocycles. The fourth-order valence-corrected chi connectivity index (χ4v) is 4.70. The first-order valence-corrected chi connectivity index (χ1v) is 11.8. The second-order valence-corrected chi connectivity index (χ2v) is 9.29. The Morgan fingerprint density at radius 2 is 1.94 bits per heavy atom. The van der Waals surface area contributed by atoms with E-state index in [0.717, 1.165) is 42.9 Å². The second-order valence-electron chi connectivity index (χ2n) is 8.86. The van der Waals surface area contributed by atoms with E-state index in [1.54, 1.807) is 30.5 Å². The molecule has 3 heterocycles. The van der Waals surface area contributed by atoms with Crippen molar-refractivity contribution in [2.45, 2.75) is 30.9 Å². The van der Waals surface area contributed by atoms with Crippen molar-refractivity contribution >= 4 is 39.4 Å². The van der Waals surface area contributed by atoms with Crippen LogP contribution in [0.4, 0.5) is 8.78 Å². The number of hydrogen-bond acceptors (Lipinski definition) is 5. The number of likely N-dealkylation sites (tertiary alicyclic amines) is 1. The summed E-state index contributed by atoms with van der Waals surface area (Å²) < 4.78 is 35.7. The van der Waals surface area contributed by atoms with Gasteiger partial charge in [-0.15, -0.1) is 0 Å². The van der Waals surface area contributed by atoms with Gasteiger partial charge in [-0.05, 0) is 74.0 Å². The van der Waals surface area contributed by atoms with Gasteiger partial charge in [-0.25, -0.2) is 0 Å². The first-order chi connectivity index (χ1) is 16.8. The summed E-state index contributed by atoms with van der Waals surface area (Å²) in [6, 6.07) is 13.5. The van der Waals surface area contributed by atoms with Crippen molar-refractivity contribution in [3.63, 3.8) is 0 Å². The number of carbonyl (C=O) groups is 1. The van der Waals surface area contributed by atoms with E-state index in [4.69, 9.17) is 16.0 Å². The number of aliphatic hydroxyl groups excluding tert-OH is 1. The van der Waals surface area contributed by atoms with Crippen LogP contribution in [0.15, 0.2) is 65.2 Å². The molecule has 0 radical (unpaired) electrons. The lowest BCUT2D eigenvalue weighted by Crippen LogP contribution is -2.50. The van der Waals surface area contributed by atoms with Gasteiger partial charge < -0.3 is 19.7 Å². The maximum Gasteiger partial charge on any atom is 0.380 e. The average Bonchev–Trinajstić information content (AvgIpc) is 3.52. The van der Waals surface area contributed by atoms with Crippen molar-refractivity contribution in [3.05, 3.63) is 77.1 Å². The van der Waals surface area contributed by atoms with Crippen LogP contribution in [0.2, 0.25) is 5.02 Å². The van der Waals surface area contributed by atoms with Gasteiger partial charge in [-0.3, -0.25) is 9.78 Å². The highest BCUT2D eigenvalue weighted by Gasteiger charge is 2.46. The van der Waals surface area contributed by atoms with E-state index in [2.05, 4.69) is 15.2 Å². The molecule has 2 N–H and O–H groups in total. The second kappa shape index (κ2) is 9.53. The lowest BCUT2D eigenvalue weighted by molar-refractivity contribution is -0.151. The Balaban J connectivity index is 1.41. The SMILES string of the molecule is O=C(NC(CN1CCCC1)C(O)c1ccc2ncccc2c1)C(F)(F)c1cc2cc(Cl)ccc2o1. The van der Waals surface area contributed by atoms with Crippen LogP contribution in [-0.2, 0) is 10.7 Å². The van der Waals surface area contributed by atoms with Gasteiger partial charge in [0, 0.05) is 28.5 Å². The summed E-state index contributed by atoms with van der Waals surface area (Å²) in [6.07, 6.45) is 2.43. The number of benzene rings is 2. The number of rotatable bonds is 7. The number of pyridine rings is 1. The van der Waals surface area contributed by atoms with Crippen molar-refractivity contribution < 1.29 is 23.1 Å². The summed E-state index contributed by atoms with van der Waals surface area (Å²) in [5.41, 5.74) is 1.46. The number of halogens is 3. The average molecular weight is 500 g/mol. The highest BCUT2D eigenvalue weighted by molar-refractivity contribution is 6.31. The van der Waals surface area contributed by atoms with Gasteiger partial charge >= 0.3 is 5.92 Å². The molecule has 1 aliphatic heterocycles. The summed E-state index contributed by atoms with van der Waals surface area (Å²) in [7, 11) is 0. The molecule has 1 amide bonds. The molecule has 1 fully saturated rings. The number of nitrogens with one attached hydrogen (secondary N) is 1. The highest BCUT2D eigenvalue weighted by atomic mass is 35.5. The van der Waals surface area contributed by atoms with Gasteiger partial charge in [0.2, 0.25) is 0 Å². The number of aromatic nitrogens is 1. The standard InChI is InChI=1S/C26H24ClF2N3O3/c27-19-6-8-22-18(13-19)14-23(35-22)26(28,29)25(34)31-21(15-32-10-1-2-11-32)24(33)17-5-7-20-16(12-17)4-3-9-30-20/h3-9,12-14,21,24,33H,1-2,10-11,15H2,(H,31,34). The molecule has 35 heavy (non-hydrogen) atoms. The third-order valence-electron chi connectivity index (χ3n) is 6.39. The molecule has 0 saturated carbocycles. The van der Waals surface area contributed by atoms with Crippen molar-refractivity contribution in [3.8, 4) is 0 Å². The summed E-state index contributed by atoms with van der Waals surface area (Å²) in [6.45, 7) is 1.80. The monoisotopic (exact) mass is 499 g/mol. The van der Waals surface area contributed by atoms with Crippen LogP contribution in [0.5, 0.6) is 0 Å². The number of furan rings is 1. The lowest BCUT2D eigenvalue weighted by Gasteiger charge is -2.30. The largest absolute Gasteiger partial charge is 0.454 e. The van der Waals surface area contributed by atoms with E-state index in [-0.39, 0.29) is 12.1 Å². The third-order valence-corrected chi connectivity index (χ3v) is 6.63. The summed E-state index contributed by atoms with van der Waals surface area (Å²) in [5, 5.41) is 15.1. The third kappa shape index (κ3) is 4.87. The van der Waals surface area contributed by atoms with Crippen molar-refractivity contribution in [2.24, 2.45) is 0 Å². The van der Waals surface area contributed by atoms with Crippen molar-refractivity contribution in [1.29, 1.82) is 0 Å². The van der Waals surface area contributed by atoms with Crippen LogP contribution in [0, 0.1) is 0 Å². The molecule has 1 saturated heterocycles. The van der Waals surface area contributed by atoms with Crippen LogP contribution in [0.25, 0.3) is 21.9 Å². The first kappa shape index (κ1) is 23.7. The summed E-state index contributed by atoms with van der Waals surface area (Å²) >= 11 is 5.94. The molecule has 0 bridgehead atoms. The van der Waals surface area contributed by atoms with Gasteiger partial charge in [0.05, 0.1) is 11.6 Å². The number of amides is 1. The van der Waals surface area contributed by atoms with Crippen molar-refractivity contribution in [1.82, 2.24) is 15.2 Å². The fraction of sp³-hybridized carbons (Fsp3) is 0.308. The Morgan fingerprint density at radius 1 is 1.14 bits per heavy atom. The maximum atomic E-state index is 15.2. The molecule has 0 aliphatic carbocycles. The van der Waals surface area contributed by atoms with E-state index >= 15 is 8.78 Å². The zero-order valence-corrected chi connectivity index (χ0v) is 19.5. The van der Waals surface area contributed by atoms with Crippen LogP contribution in [0.3, 0.4) is 0 Å². The minimum absolute atomic E-state index is 0.204. The van der Waals surface area contributed by atoms with Crippen LogP contribution >= 0.6 is 11.6 Å². The van der Waals surface area contributed by atoms with Gasteiger partial charge in [0.1, 0.15) is 11.7 Å².